The van der Waals surface area contributed by atoms with Crippen molar-refractivity contribution in [2.24, 2.45) is 7.05 Å². The predicted molar refractivity (Wildman–Crippen MR) is 65.9 cm³/mol. The summed E-state index contributed by atoms with van der Waals surface area (Å²) in [5.41, 5.74) is 0. The zero-order valence-corrected chi connectivity index (χ0v) is 10.5. The number of imidazole rings is 1. The molecule has 0 spiro atoms. The average molecular weight is 246 g/mol. The van der Waals surface area contributed by atoms with Gasteiger partial charge in [-0.25, -0.2) is 4.98 Å². The van der Waals surface area contributed by atoms with Gasteiger partial charge >= 0.3 is 0 Å². The summed E-state index contributed by atoms with van der Waals surface area (Å²) in [4.78, 5) is 4.26. The van der Waals surface area contributed by atoms with Crippen molar-refractivity contribution < 1.29 is 4.74 Å². The molecule has 92 valence electrons. The van der Waals surface area contributed by atoms with E-state index in [1.807, 2.05) is 24.0 Å². The van der Waals surface area contributed by atoms with E-state index in [4.69, 9.17) is 16.3 Å². The summed E-state index contributed by atoms with van der Waals surface area (Å²) in [5, 5.41) is 3.36. The van der Waals surface area contributed by atoms with Crippen LogP contribution >= 0.6 is 11.6 Å². The maximum absolute atomic E-state index is 5.49. The lowest BCUT2D eigenvalue weighted by atomic mass is 10.3. The monoisotopic (exact) mass is 245 g/mol. The molecule has 1 aromatic rings. The van der Waals surface area contributed by atoms with Crippen molar-refractivity contribution in [1.29, 1.82) is 0 Å². The number of nitrogens with zero attached hydrogens (tertiary/aromatic N) is 2. The molecule has 0 aromatic carbocycles. The van der Waals surface area contributed by atoms with E-state index in [1.54, 1.807) is 0 Å². The Bertz CT molecular complexity index is 278. The maximum Gasteiger partial charge on any atom is 0.109 e. The Morgan fingerprint density at radius 2 is 2.31 bits per heavy atom. The van der Waals surface area contributed by atoms with Gasteiger partial charge in [0.05, 0.1) is 6.61 Å². The molecule has 0 bridgehead atoms. The summed E-state index contributed by atoms with van der Waals surface area (Å²) in [6.07, 6.45) is 5.79. The molecule has 0 saturated carbocycles. The van der Waals surface area contributed by atoms with E-state index in [0.29, 0.717) is 12.5 Å². The van der Waals surface area contributed by atoms with Gasteiger partial charge in [0, 0.05) is 44.9 Å². The second-order valence-electron chi connectivity index (χ2n) is 3.61. The summed E-state index contributed by atoms with van der Waals surface area (Å²) >= 11 is 5.49. The summed E-state index contributed by atoms with van der Waals surface area (Å²) in [6, 6.07) is 0. The Balaban J connectivity index is 1.91. The number of nitrogens with one attached hydrogen (secondary N) is 1. The van der Waals surface area contributed by atoms with Crippen molar-refractivity contribution in [3.8, 4) is 0 Å². The SMILES string of the molecule is Cn1ccnc1CCNCCCOCCCl. The van der Waals surface area contributed by atoms with Crippen LogP contribution in [0.5, 0.6) is 0 Å². The molecule has 0 radical (unpaired) electrons. The first-order valence-electron chi connectivity index (χ1n) is 5.65. The molecule has 0 amide bonds. The van der Waals surface area contributed by atoms with Crippen molar-refractivity contribution >= 4 is 11.6 Å². The van der Waals surface area contributed by atoms with Gasteiger partial charge in [-0.15, -0.1) is 11.6 Å². The normalized spacial score (nSPS) is 10.9. The van der Waals surface area contributed by atoms with Crippen LogP contribution in [0.3, 0.4) is 0 Å². The van der Waals surface area contributed by atoms with Gasteiger partial charge in [0.2, 0.25) is 0 Å². The van der Waals surface area contributed by atoms with Crippen LogP contribution in [0.2, 0.25) is 0 Å². The number of ether oxygens (including phenoxy) is 1. The van der Waals surface area contributed by atoms with Crippen molar-refractivity contribution in [2.75, 3.05) is 32.2 Å². The van der Waals surface area contributed by atoms with E-state index >= 15 is 0 Å². The molecule has 0 saturated heterocycles. The van der Waals surface area contributed by atoms with E-state index in [-0.39, 0.29) is 0 Å². The van der Waals surface area contributed by atoms with Gasteiger partial charge in [-0.05, 0) is 13.0 Å². The standard InChI is InChI=1S/C11H20ClN3O/c1-15-8-7-14-11(15)3-6-13-5-2-9-16-10-4-12/h7-8,13H,2-6,9-10H2,1H3. The molecule has 4 nitrogen and oxygen atoms in total. The molecule has 0 aliphatic rings. The van der Waals surface area contributed by atoms with Crippen LogP contribution in [0.1, 0.15) is 12.2 Å². The molecule has 0 fully saturated rings. The lowest BCUT2D eigenvalue weighted by molar-refractivity contribution is 0.146. The number of aryl methyl sites for hydroxylation is 1. The van der Waals surface area contributed by atoms with Gasteiger partial charge in [0.25, 0.3) is 0 Å². The van der Waals surface area contributed by atoms with Crippen molar-refractivity contribution in [3.63, 3.8) is 0 Å². The van der Waals surface area contributed by atoms with Crippen LogP contribution in [0.15, 0.2) is 12.4 Å². The molecular weight excluding hydrogens is 226 g/mol. The quantitative estimate of drug-likeness (QED) is 0.525. The number of aromatic nitrogens is 2. The smallest absolute Gasteiger partial charge is 0.109 e. The Morgan fingerprint density at radius 3 is 3.00 bits per heavy atom. The van der Waals surface area contributed by atoms with E-state index in [9.17, 15) is 0 Å². The fourth-order valence-electron chi connectivity index (χ4n) is 1.42. The second kappa shape index (κ2) is 8.56. The fourth-order valence-corrected chi connectivity index (χ4v) is 1.53. The first-order chi connectivity index (χ1) is 7.84. The summed E-state index contributed by atoms with van der Waals surface area (Å²) in [6.45, 7) is 3.37. The minimum Gasteiger partial charge on any atom is -0.380 e. The highest BCUT2D eigenvalue weighted by atomic mass is 35.5. The minimum atomic E-state index is 0.576. The molecule has 16 heavy (non-hydrogen) atoms. The largest absolute Gasteiger partial charge is 0.380 e. The van der Waals surface area contributed by atoms with E-state index in [0.717, 1.165) is 38.4 Å². The van der Waals surface area contributed by atoms with Gasteiger partial charge in [0.1, 0.15) is 5.82 Å². The van der Waals surface area contributed by atoms with Crippen LogP contribution < -0.4 is 5.32 Å². The number of hydrogen-bond acceptors (Lipinski definition) is 3. The third-order valence-electron chi connectivity index (χ3n) is 2.31. The maximum atomic E-state index is 5.49. The predicted octanol–water partition coefficient (Wildman–Crippen LogP) is 1.20. The van der Waals surface area contributed by atoms with Crippen LogP contribution in [0.4, 0.5) is 0 Å². The van der Waals surface area contributed by atoms with Crippen molar-refractivity contribution in [3.05, 3.63) is 18.2 Å². The Kier molecular flexibility index (Phi) is 7.21. The average Bonchev–Trinajstić information content (AvgIpc) is 2.68. The fraction of sp³-hybridized carbons (Fsp3) is 0.727. The lowest BCUT2D eigenvalue weighted by Crippen LogP contribution is -2.21. The minimum absolute atomic E-state index is 0.576. The van der Waals surface area contributed by atoms with Crippen LogP contribution in [-0.4, -0.2) is 41.7 Å². The second-order valence-corrected chi connectivity index (χ2v) is 3.99. The number of halogens is 1. The molecule has 1 rings (SSSR count). The molecule has 0 aliphatic heterocycles. The van der Waals surface area contributed by atoms with E-state index < -0.39 is 0 Å². The van der Waals surface area contributed by atoms with Gasteiger partial charge in [-0.1, -0.05) is 0 Å². The molecule has 0 unspecified atom stereocenters. The Hall–Kier alpha value is -0.580. The molecular formula is C11H20ClN3O. The topological polar surface area (TPSA) is 39.1 Å². The van der Waals surface area contributed by atoms with Crippen LogP contribution in [0, 0.1) is 0 Å². The number of alkyl halides is 1. The van der Waals surface area contributed by atoms with Crippen LogP contribution in [-0.2, 0) is 18.2 Å². The van der Waals surface area contributed by atoms with Gasteiger partial charge < -0.3 is 14.6 Å². The molecule has 1 heterocycles. The van der Waals surface area contributed by atoms with Crippen molar-refractivity contribution in [1.82, 2.24) is 14.9 Å². The highest BCUT2D eigenvalue weighted by Crippen LogP contribution is 1.93. The summed E-state index contributed by atoms with van der Waals surface area (Å²) < 4.78 is 7.31. The molecule has 5 heteroatoms. The third-order valence-corrected chi connectivity index (χ3v) is 2.46. The first kappa shape index (κ1) is 13.5. The molecule has 1 N–H and O–H groups in total. The summed E-state index contributed by atoms with van der Waals surface area (Å²) in [7, 11) is 2.02. The highest BCUT2D eigenvalue weighted by Gasteiger charge is 1.97. The Labute approximate surface area is 102 Å². The highest BCUT2D eigenvalue weighted by molar-refractivity contribution is 6.17. The zero-order valence-electron chi connectivity index (χ0n) is 9.79. The van der Waals surface area contributed by atoms with E-state index in [1.165, 1.54) is 0 Å². The molecule has 1 aromatic heterocycles. The third kappa shape index (κ3) is 5.49. The van der Waals surface area contributed by atoms with Gasteiger partial charge in [-0.2, -0.15) is 0 Å². The zero-order chi connectivity index (χ0) is 11.6. The van der Waals surface area contributed by atoms with Gasteiger partial charge in [0.15, 0.2) is 0 Å². The van der Waals surface area contributed by atoms with Crippen molar-refractivity contribution in [2.45, 2.75) is 12.8 Å². The van der Waals surface area contributed by atoms with E-state index in [2.05, 4.69) is 10.3 Å². The summed E-state index contributed by atoms with van der Waals surface area (Å²) in [5.74, 6) is 1.69. The Morgan fingerprint density at radius 1 is 1.44 bits per heavy atom. The molecule has 0 atom stereocenters. The first-order valence-corrected chi connectivity index (χ1v) is 6.18. The number of rotatable bonds is 9. The number of hydrogen-bond donors (Lipinski definition) is 1. The lowest BCUT2D eigenvalue weighted by Gasteiger charge is -2.05. The van der Waals surface area contributed by atoms with Gasteiger partial charge in [-0.3, -0.25) is 0 Å². The molecule has 0 aliphatic carbocycles. The van der Waals surface area contributed by atoms with Crippen LogP contribution in [0.25, 0.3) is 0 Å².